The quantitative estimate of drug-likeness (QED) is 0.820. The first-order valence-corrected chi connectivity index (χ1v) is 10.9. The molecule has 0 aromatic carbocycles. The molecule has 5 nitrogen and oxygen atoms in total. The van der Waals surface area contributed by atoms with E-state index in [9.17, 15) is 4.79 Å². The predicted molar refractivity (Wildman–Crippen MR) is 110 cm³/mol. The molecule has 2 aliphatic carbocycles. The van der Waals surface area contributed by atoms with Crippen LogP contribution in [0.25, 0.3) is 0 Å². The van der Waals surface area contributed by atoms with Gasteiger partial charge in [0.1, 0.15) is 19.4 Å². The number of ether oxygens (including phenoxy) is 1. The van der Waals surface area contributed by atoms with Crippen LogP contribution in [0.2, 0.25) is 0 Å². The smallest absolute Gasteiger partial charge is 0.269 e. The fourth-order valence-electron chi connectivity index (χ4n) is 4.53. The zero-order valence-corrected chi connectivity index (χ0v) is 17.1. The SMILES string of the molecule is BC1(NC(=O)c2cc(OC)nc(C3CCCC3)n2)CCCCCCCCC1. The van der Waals surface area contributed by atoms with E-state index in [4.69, 9.17) is 4.74 Å². The largest absolute Gasteiger partial charge is 0.481 e. The van der Waals surface area contributed by atoms with Crippen LogP contribution in [0.3, 0.4) is 0 Å². The summed E-state index contributed by atoms with van der Waals surface area (Å²) in [6.07, 6.45) is 15.6. The van der Waals surface area contributed by atoms with E-state index in [1.54, 1.807) is 13.2 Å². The molecule has 0 atom stereocenters. The topological polar surface area (TPSA) is 64.1 Å². The first-order chi connectivity index (χ1) is 13.1. The molecule has 27 heavy (non-hydrogen) atoms. The van der Waals surface area contributed by atoms with Crippen molar-refractivity contribution < 1.29 is 9.53 Å². The molecular weight excluding hydrogens is 337 g/mol. The maximum absolute atomic E-state index is 13.0. The first kappa shape index (κ1) is 20.2. The lowest BCUT2D eigenvalue weighted by atomic mass is 9.69. The summed E-state index contributed by atoms with van der Waals surface area (Å²) in [5.74, 6) is 1.53. The van der Waals surface area contributed by atoms with Crippen LogP contribution in [-0.2, 0) is 0 Å². The minimum Gasteiger partial charge on any atom is -0.481 e. The van der Waals surface area contributed by atoms with Crippen molar-refractivity contribution in [2.75, 3.05) is 7.11 Å². The molecule has 3 rings (SSSR count). The van der Waals surface area contributed by atoms with Gasteiger partial charge in [-0.15, -0.1) is 0 Å². The summed E-state index contributed by atoms with van der Waals surface area (Å²) < 4.78 is 5.36. The van der Waals surface area contributed by atoms with Crippen molar-refractivity contribution in [2.45, 2.75) is 94.8 Å². The standard InChI is InChI=1S/C21H34BN3O2/c1-27-18-15-17(23-19(24-18)16-11-7-8-12-16)20(26)25-21(22)13-9-5-3-2-4-6-10-14-21/h15-16H,2-14,22H2,1H3,(H,25,26). The third kappa shape index (κ3) is 5.69. The van der Waals surface area contributed by atoms with Gasteiger partial charge in [-0.05, 0) is 25.7 Å². The van der Waals surface area contributed by atoms with Gasteiger partial charge in [0, 0.05) is 17.4 Å². The lowest BCUT2D eigenvalue weighted by Crippen LogP contribution is -2.49. The lowest BCUT2D eigenvalue weighted by molar-refractivity contribution is 0.0912. The van der Waals surface area contributed by atoms with Gasteiger partial charge in [0.15, 0.2) is 0 Å². The molecule has 0 spiro atoms. The van der Waals surface area contributed by atoms with E-state index >= 15 is 0 Å². The minimum atomic E-state index is -0.153. The van der Waals surface area contributed by atoms with Gasteiger partial charge in [0.2, 0.25) is 5.88 Å². The van der Waals surface area contributed by atoms with E-state index < -0.39 is 0 Å². The number of nitrogens with one attached hydrogen (secondary N) is 1. The van der Waals surface area contributed by atoms with Gasteiger partial charge in [-0.25, -0.2) is 4.98 Å². The molecule has 0 radical (unpaired) electrons. The zero-order valence-electron chi connectivity index (χ0n) is 17.1. The number of carbonyl (C=O) groups excluding carboxylic acids is 1. The van der Waals surface area contributed by atoms with Crippen LogP contribution in [0, 0.1) is 0 Å². The molecule has 0 unspecified atom stereocenters. The number of amides is 1. The van der Waals surface area contributed by atoms with Crippen LogP contribution in [0.4, 0.5) is 0 Å². The molecule has 1 heterocycles. The lowest BCUT2D eigenvalue weighted by Gasteiger charge is -2.32. The van der Waals surface area contributed by atoms with Gasteiger partial charge < -0.3 is 10.1 Å². The van der Waals surface area contributed by atoms with Gasteiger partial charge in [-0.1, -0.05) is 57.8 Å². The minimum absolute atomic E-state index is 0.0884. The number of hydrogen-bond acceptors (Lipinski definition) is 4. The average Bonchev–Trinajstić information content (AvgIpc) is 3.21. The number of rotatable bonds is 4. The second kappa shape index (κ2) is 9.56. The number of carbonyl (C=O) groups is 1. The van der Waals surface area contributed by atoms with Gasteiger partial charge in [0.25, 0.3) is 5.91 Å². The highest BCUT2D eigenvalue weighted by atomic mass is 16.5. The normalized spacial score (nSPS) is 21.5. The van der Waals surface area contributed by atoms with Crippen LogP contribution in [0.15, 0.2) is 6.07 Å². The fourth-order valence-corrected chi connectivity index (χ4v) is 4.53. The Kier molecular flexibility index (Phi) is 7.14. The first-order valence-electron chi connectivity index (χ1n) is 10.9. The molecule has 6 heteroatoms. The van der Waals surface area contributed by atoms with E-state index in [-0.39, 0.29) is 11.3 Å². The van der Waals surface area contributed by atoms with E-state index in [0.717, 1.165) is 31.5 Å². The zero-order chi connectivity index (χ0) is 19.1. The molecule has 2 fully saturated rings. The Bertz CT molecular complexity index is 622. The van der Waals surface area contributed by atoms with E-state index in [0.29, 0.717) is 17.5 Å². The summed E-state index contributed by atoms with van der Waals surface area (Å²) >= 11 is 0. The fraction of sp³-hybridized carbons (Fsp3) is 0.762. The molecular formula is C21H34BN3O2. The monoisotopic (exact) mass is 371 g/mol. The number of aromatic nitrogens is 2. The molecule has 0 saturated heterocycles. The maximum Gasteiger partial charge on any atom is 0.269 e. The molecule has 1 amide bonds. The average molecular weight is 371 g/mol. The Balaban J connectivity index is 1.74. The van der Waals surface area contributed by atoms with Crippen LogP contribution in [0.1, 0.15) is 106 Å². The maximum atomic E-state index is 13.0. The van der Waals surface area contributed by atoms with E-state index in [2.05, 4.69) is 23.1 Å². The second-order valence-electron chi connectivity index (χ2n) is 8.62. The van der Waals surface area contributed by atoms with Crippen molar-refractivity contribution in [2.24, 2.45) is 0 Å². The van der Waals surface area contributed by atoms with Gasteiger partial charge >= 0.3 is 0 Å². The Hall–Kier alpha value is -1.59. The van der Waals surface area contributed by atoms with Gasteiger partial charge in [-0.2, -0.15) is 4.98 Å². The molecule has 148 valence electrons. The molecule has 1 N–H and O–H groups in total. The summed E-state index contributed by atoms with van der Waals surface area (Å²) in [4.78, 5) is 22.2. The third-order valence-electron chi connectivity index (χ3n) is 6.25. The van der Waals surface area contributed by atoms with Crippen molar-refractivity contribution in [3.8, 4) is 5.88 Å². The molecule has 0 aliphatic heterocycles. The van der Waals surface area contributed by atoms with Crippen molar-refractivity contribution >= 4 is 13.8 Å². The summed E-state index contributed by atoms with van der Waals surface area (Å²) in [6.45, 7) is 0. The predicted octanol–water partition coefficient (Wildman–Crippen LogP) is 3.73. The molecule has 2 aliphatic rings. The van der Waals surface area contributed by atoms with Crippen LogP contribution >= 0.6 is 0 Å². The van der Waals surface area contributed by atoms with Gasteiger partial charge in [0.05, 0.1) is 7.11 Å². The van der Waals surface area contributed by atoms with E-state index in [1.165, 1.54) is 57.8 Å². The summed E-state index contributed by atoms with van der Waals surface area (Å²) in [6, 6.07) is 1.68. The van der Waals surface area contributed by atoms with Crippen molar-refractivity contribution in [3.05, 3.63) is 17.6 Å². The molecule has 0 bridgehead atoms. The Morgan fingerprint density at radius 2 is 1.63 bits per heavy atom. The van der Waals surface area contributed by atoms with Crippen LogP contribution in [0.5, 0.6) is 5.88 Å². The third-order valence-corrected chi connectivity index (χ3v) is 6.25. The Labute approximate surface area is 164 Å². The molecule has 2 saturated carbocycles. The summed E-state index contributed by atoms with van der Waals surface area (Å²) in [7, 11) is 3.80. The van der Waals surface area contributed by atoms with Crippen LogP contribution < -0.4 is 10.1 Å². The number of nitrogens with zero attached hydrogens (tertiary/aromatic N) is 2. The van der Waals surface area contributed by atoms with E-state index in [1.807, 2.05) is 0 Å². The highest BCUT2D eigenvalue weighted by molar-refractivity contribution is 6.17. The Morgan fingerprint density at radius 1 is 1.04 bits per heavy atom. The molecule has 1 aromatic heterocycles. The van der Waals surface area contributed by atoms with Crippen molar-refractivity contribution in [1.29, 1.82) is 0 Å². The summed E-state index contributed by atoms with van der Waals surface area (Å²) in [5, 5.41) is 3.31. The van der Waals surface area contributed by atoms with Crippen molar-refractivity contribution in [3.63, 3.8) is 0 Å². The Morgan fingerprint density at radius 3 is 2.22 bits per heavy atom. The van der Waals surface area contributed by atoms with Crippen LogP contribution in [-0.4, -0.2) is 36.3 Å². The molecule has 1 aromatic rings. The number of methoxy groups -OCH3 is 1. The highest BCUT2D eigenvalue weighted by Crippen LogP contribution is 2.33. The van der Waals surface area contributed by atoms with Gasteiger partial charge in [-0.3, -0.25) is 4.79 Å². The summed E-state index contributed by atoms with van der Waals surface area (Å²) in [5.41, 5.74) is 0.294. The highest BCUT2D eigenvalue weighted by Gasteiger charge is 2.28. The number of hydrogen-bond donors (Lipinski definition) is 1. The van der Waals surface area contributed by atoms with Crippen molar-refractivity contribution in [1.82, 2.24) is 15.3 Å². The second-order valence-corrected chi connectivity index (χ2v) is 8.62.